The Bertz CT molecular complexity index is 1820. The number of hydrogen-bond donors (Lipinski definition) is 2. The van der Waals surface area contributed by atoms with E-state index in [0.29, 0.717) is 56.9 Å². The molecule has 2 amide bonds. The normalized spacial score (nSPS) is 21.0. The van der Waals surface area contributed by atoms with Crippen LogP contribution in [0.3, 0.4) is 0 Å². The monoisotopic (exact) mass is 652 g/mol. The van der Waals surface area contributed by atoms with Gasteiger partial charge in [0.15, 0.2) is 0 Å². The molecule has 3 aromatic rings. The molecule has 3 saturated heterocycles. The van der Waals surface area contributed by atoms with Gasteiger partial charge in [0.2, 0.25) is 21.8 Å². The zero-order valence-corrected chi connectivity index (χ0v) is 26.5. The third kappa shape index (κ3) is 6.57. The van der Waals surface area contributed by atoms with E-state index >= 15 is 0 Å². The molecule has 2 aromatic carbocycles. The summed E-state index contributed by atoms with van der Waals surface area (Å²) < 4.78 is 57.1. The molecule has 0 radical (unpaired) electrons. The van der Waals surface area contributed by atoms with Crippen molar-refractivity contribution < 1.29 is 26.8 Å². The van der Waals surface area contributed by atoms with Crippen LogP contribution < -0.4 is 11.1 Å². The summed E-state index contributed by atoms with van der Waals surface area (Å²) in [6, 6.07) is 9.86. The van der Waals surface area contributed by atoms with Crippen LogP contribution in [0.1, 0.15) is 79.2 Å². The average molecular weight is 653 g/mol. The Morgan fingerprint density at radius 2 is 1.76 bits per heavy atom. The van der Waals surface area contributed by atoms with E-state index in [0.717, 1.165) is 42.9 Å². The van der Waals surface area contributed by atoms with E-state index in [9.17, 15) is 26.8 Å². The van der Waals surface area contributed by atoms with Crippen LogP contribution in [0.5, 0.6) is 0 Å². The van der Waals surface area contributed by atoms with Crippen LogP contribution >= 0.6 is 0 Å². The number of carbonyl (C=O) groups excluding carboxylic acids is 2. The first kappa shape index (κ1) is 32.2. The van der Waals surface area contributed by atoms with Crippen molar-refractivity contribution in [2.24, 2.45) is 12.8 Å². The quantitative estimate of drug-likeness (QED) is 0.309. The van der Waals surface area contributed by atoms with E-state index in [4.69, 9.17) is 5.73 Å². The minimum Gasteiger partial charge on any atom is -0.328 e. The number of amides is 2. The van der Waals surface area contributed by atoms with Crippen LogP contribution in [0.25, 0.3) is 10.9 Å². The molecule has 3 fully saturated rings. The van der Waals surface area contributed by atoms with Crippen LogP contribution in [-0.2, 0) is 26.7 Å². The van der Waals surface area contributed by atoms with Crippen LogP contribution in [0.2, 0.25) is 0 Å². The third-order valence-corrected chi connectivity index (χ3v) is 11.3. The van der Waals surface area contributed by atoms with Crippen LogP contribution in [0.4, 0.5) is 8.78 Å². The van der Waals surface area contributed by atoms with E-state index in [1.165, 1.54) is 22.0 Å². The Morgan fingerprint density at radius 1 is 1.02 bits per heavy atom. The molecule has 3 aliphatic rings. The van der Waals surface area contributed by atoms with Crippen molar-refractivity contribution in [1.29, 1.82) is 0 Å². The van der Waals surface area contributed by atoms with Gasteiger partial charge in [0.05, 0.1) is 28.6 Å². The summed E-state index contributed by atoms with van der Waals surface area (Å²) in [5, 5.41) is 7.97. The summed E-state index contributed by atoms with van der Waals surface area (Å²) in [5.74, 6) is 5.16. The lowest BCUT2D eigenvalue weighted by molar-refractivity contribution is -0.134. The molecule has 1 aromatic heterocycles. The lowest BCUT2D eigenvalue weighted by atomic mass is 9.88. The maximum atomic E-state index is 13.8. The molecule has 13 heteroatoms. The molecule has 3 N–H and O–H groups in total. The van der Waals surface area contributed by atoms with Gasteiger partial charge in [-0.05, 0) is 74.9 Å². The molecular weight excluding hydrogens is 614 g/mol. The van der Waals surface area contributed by atoms with Crippen LogP contribution in [-0.4, -0.2) is 78.0 Å². The number of likely N-dealkylation sites (tertiary alicyclic amines) is 1. The standard InChI is InChI=1S/C33H38F2N6O4S/c1-39-29-20-22(4-6-27(29)31(38-39)28-8-9-30(42)37-33(28)43)21-10-15-40(16-11-21)14-2-3-23-19-25(5-7-26(23)32(34)35)46(44,45)41-17-12-24(36)13-18-41/h4-7,19-21,24,28,32H,8-18,36H2,1H3,(H,37,42,43). The maximum Gasteiger partial charge on any atom is 0.265 e. The lowest BCUT2D eigenvalue weighted by Gasteiger charge is -2.31. The third-order valence-electron chi connectivity index (χ3n) is 9.45. The first-order chi connectivity index (χ1) is 22.0. The minimum absolute atomic E-state index is 0.0285. The van der Waals surface area contributed by atoms with Gasteiger partial charge in [-0.1, -0.05) is 30.0 Å². The molecule has 46 heavy (non-hydrogen) atoms. The van der Waals surface area contributed by atoms with E-state index in [1.54, 1.807) is 4.68 Å². The van der Waals surface area contributed by atoms with Gasteiger partial charge in [0.25, 0.3) is 6.43 Å². The number of halogens is 2. The summed E-state index contributed by atoms with van der Waals surface area (Å²) in [5.41, 5.74) is 8.48. The zero-order chi connectivity index (χ0) is 32.6. The fourth-order valence-corrected chi connectivity index (χ4v) is 8.20. The molecule has 0 bridgehead atoms. The second kappa shape index (κ2) is 13.2. The number of sulfonamides is 1. The number of carbonyl (C=O) groups is 2. The second-order valence-electron chi connectivity index (χ2n) is 12.4. The average Bonchev–Trinajstić information content (AvgIpc) is 3.36. The number of nitrogens with one attached hydrogen (secondary N) is 1. The molecule has 3 aliphatic heterocycles. The predicted molar refractivity (Wildman–Crippen MR) is 168 cm³/mol. The minimum atomic E-state index is -3.83. The van der Waals surface area contributed by atoms with Crippen molar-refractivity contribution in [1.82, 2.24) is 24.3 Å². The number of nitrogens with zero attached hydrogens (tertiary/aromatic N) is 4. The van der Waals surface area contributed by atoms with E-state index < -0.39 is 22.4 Å². The highest BCUT2D eigenvalue weighted by Gasteiger charge is 2.32. The molecule has 10 nitrogen and oxygen atoms in total. The van der Waals surface area contributed by atoms with Gasteiger partial charge in [0.1, 0.15) is 0 Å². The van der Waals surface area contributed by atoms with Gasteiger partial charge >= 0.3 is 0 Å². The molecule has 0 saturated carbocycles. The first-order valence-corrected chi connectivity index (χ1v) is 17.1. The number of fused-ring (bicyclic) bond motifs is 1. The first-order valence-electron chi connectivity index (χ1n) is 15.7. The lowest BCUT2D eigenvalue weighted by Crippen LogP contribution is -2.42. The van der Waals surface area contributed by atoms with Crippen molar-refractivity contribution in [3.8, 4) is 11.8 Å². The smallest absolute Gasteiger partial charge is 0.265 e. The topological polar surface area (TPSA) is 131 Å². The number of aryl methyl sites for hydroxylation is 1. The maximum absolute atomic E-state index is 13.8. The molecular formula is C33H38F2N6O4S. The van der Waals surface area contributed by atoms with Gasteiger partial charge in [-0.2, -0.15) is 9.40 Å². The fourth-order valence-electron chi connectivity index (χ4n) is 6.70. The fraction of sp³-hybridized carbons (Fsp3) is 0.485. The molecule has 244 valence electrons. The Balaban J connectivity index is 1.11. The highest BCUT2D eigenvalue weighted by molar-refractivity contribution is 7.89. The largest absolute Gasteiger partial charge is 0.328 e. The number of aromatic nitrogens is 2. The molecule has 1 atom stereocenters. The summed E-state index contributed by atoms with van der Waals surface area (Å²) in [4.78, 5) is 26.2. The summed E-state index contributed by atoms with van der Waals surface area (Å²) in [7, 11) is -1.98. The van der Waals surface area contributed by atoms with Gasteiger partial charge in [-0.15, -0.1) is 0 Å². The second-order valence-corrected chi connectivity index (χ2v) is 14.4. The van der Waals surface area contributed by atoms with Crippen molar-refractivity contribution in [3.63, 3.8) is 0 Å². The van der Waals surface area contributed by atoms with Crippen molar-refractivity contribution in [2.45, 2.75) is 67.7 Å². The SMILES string of the molecule is Cn1nc(C2CCC(=O)NC2=O)c2ccc(C3CCN(CC#Cc4cc(S(=O)(=O)N5CCC(N)CC5)ccc4C(F)F)CC3)cc21. The number of imide groups is 1. The number of piperidine rings is 3. The van der Waals surface area contributed by atoms with Gasteiger partial charge in [0, 0.05) is 49.1 Å². The summed E-state index contributed by atoms with van der Waals surface area (Å²) in [6.07, 6.45) is 0.860. The summed E-state index contributed by atoms with van der Waals surface area (Å²) >= 11 is 0. The van der Waals surface area contributed by atoms with Gasteiger partial charge < -0.3 is 5.73 Å². The van der Waals surface area contributed by atoms with Crippen LogP contribution in [0.15, 0.2) is 41.3 Å². The molecule has 4 heterocycles. The van der Waals surface area contributed by atoms with Crippen LogP contribution in [0, 0.1) is 11.8 Å². The Kier molecular flexibility index (Phi) is 9.25. The Labute approximate surface area is 267 Å². The van der Waals surface area contributed by atoms with Crippen molar-refractivity contribution in [2.75, 3.05) is 32.7 Å². The van der Waals surface area contributed by atoms with E-state index in [1.807, 2.05) is 13.1 Å². The van der Waals surface area contributed by atoms with Crippen molar-refractivity contribution in [3.05, 3.63) is 58.8 Å². The number of rotatable bonds is 6. The number of hydrogen-bond acceptors (Lipinski definition) is 7. The zero-order valence-electron chi connectivity index (χ0n) is 25.7. The number of benzene rings is 2. The number of nitrogens with two attached hydrogens (primary N) is 1. The van der Waals surface area contributed by atoms with Gasteiger partial charge in [-0.25, -0.2) is 17.2 Å². The van der Waals surface area contributed by atoms with Gasteiger partial charge in [-0.3, -0.25) is 24.5 Å². The highest BCUT2D eigenvalue weighted by atomic mass is 32.2. The van der Waals surface area contributed by atoms with E-state index in [-0.39, 0.29) is 33.9 Å². The van der Waals surface area contributed by atoms with Crippen molar-refractivity contribution >= 4 is 32.7 Å². The Morgan fingerprint density at radius 3 is 2.46 bits per heavy atom. The van der Waals surface area contributed by atoms with E-state index in [2.05, 4.69) is 39.3 Å². The predicted octanol–water partition coefficient (Wildman–Crippen LogP) is 3.37. The number of alkyl halides is 2. The molecule has 1 unspecified atom stereocenters. The molecule has 0 aliphatic carbocycles. The highest BCUT2D eigenvalue weighted by Crippen LogP contribution is 2.34. The Hall–Kier alpha value is -3.70. The molecule has 6 rings (SSSR count). The molecule has 0 spiro atoms. The summed E-state index contributed by atoms with van der Waals surface area (Å²) in [6.45, 7) is 2.54.